The number of thiophene rings is 1. The fourth-order valence-electron chi connectivity index (χ4n) is 8.61. The number of halogens is 2. The van der Waals surface area contributed by atoms with Crippen LogP contribution in [0.3, 0.4) is 0 Å². The fraction of sp³-hybridized carbons (Fsp3) is 0.400. The van der Waals surface area contributed by atoms with Crippen molar-refractivity contribution in [3.63, 3.8) is 0 Å². The molecule has 0 spiro atoms. The SMILES string of the molecule is C=CCC(c1cccnc1N)N1CCOc2c(C)c(-c3ccc(F)c4sc(NC(C)C)c(C#N)c34)c(F)c3nc(OCC45CCCN4CCC5)nc1c23. The molecule has 0 saturated carbocycles. The topological polar surface area (TPSA) is 125 Å². The van der Waals surface area contributed by atoms with Gasteiger partial charge in [0.05, 0.1) is 33.8 Å². The third-order valence-electron chi connectivity index (χ3n) is 11.0. The molecule has 5 aromatic rings. The predicted octanol–water partition coefficient (Wildman–Crippen LogP) is 8.29. The minimum atomic E-state index is -0.635. The van der Waals surface area contributed by atoms with Crippen molar-refractivity contribution in [1.82, 2.24) is 19.9 Å². The lowest BCUT2D eigenvalue weighted by molar-refractivity contribution is 0.108. The molecule has 10 nitrogen and oxygen atoms in total. The molecule has 53 heavy (non-hydrogen) atoms. The van der Waals surface area contributed by atoms with Crippen LogP contribution in [0.15, 0.2) is 43.1 Å². The van der Waals surface area contributed by atoms with Crippen molar-refractivity contribution in [2.75, 3.05) is 48.8 Å². The molecule has 0 bridgehead atoms. The Balaban J connectivity index is 1.37. The number of anilines is 3. The highest BCUT2D eigenvalue weighted by molar-refractivity contribution is 7.23. The number of rotatable bonds is 10. The lowest BCUT2D eigenvalue weighted by atomic mass is 9.92. The third-order valence-corrected chi connectivity index (χ3v) is 12.1. The lowest BCUT2D eigenvalue weighted by Gasteiger charge is -2.33. The van der Waals surface area contributed by atoms with Gasteiger partial charge in [0.15, 0.2) is 5.82 Å². The molecule has 6 heterocycles. The molecule has 274 valence electrons. The van der Waals surface area contributed by atoms with Gasteiger partial charge >= 0.3 is 6.01 Å². The molecule has 13 heteroatoms. The second-order valence-corrected chi connectivity index (χ2v) is 15.5. The second kappa shape index (κ2) is 13.7. The average molecular weight is 737 g/mol. The second-order valence-electron chi connectivity index (χ2n) is 14.5. The van der Waals surface area contributed by atoms with Gasteiger partial charge in [0.25, 0.3) is 0 Å². The number of nitrogen functional groups attached to an aromatic ring is 1. The van der Waals surface area contributed by atoms with Crippen molar-refractivity contribution in [2.24, 2.45) is 0 Å². The normalized spacial score (nSPS) is 17.1. The lowest BCUT2D eigenvalue weighted by Crippen LogP contribution is -2.43. The number of hydrogen-bond acceptors (Lipinski definition) is 11. The first-order chi connectivity index (χ1) is 25.7. The molecule has 3 aliphatic rings. The molecule has 2 fully saturated rings. The van der Waals surface area contributed by atoms with Crippen molar-refractivity contribution >= 4 is 49.0 Å². The standard InChI is InChI=1S/C40H42F2N8O2S/c1-5-9-28(24-10-6-15-45-36(24)44)50-18-19-51-34-23(4)29(25-11-12-27(41)35-30(25)26(20-43)38(53-35)46-22(2)3)32(42)33-31(34)37(50)48-39(47-33)52-21-40-13-7-16-49(40)17-8-14-40/h5-6,10-12,15,22,28,46H,1,7-9,13-14,16-19,21H2,2-4H3,(H2,44,45). The summed E-state index contributed by atoms with van der Waals surface area (Å²) < 4.78 is 46.4. The Morgan fingerprint density at radius 3 is 2.68 bits per heavy atom. The van der Waals surface area contributed by atoms with Gasteiger partial charge in [0.2, 0.25) is 0 Å². The largest absolute Gasteiger partial charge is 0.491 e. The summed E-state index contributed by atoms with van der Waals surface area (Å²) in [6, 6.07) is 8.59. The average Bonchev–Trinajstić information content (AvgIpc) is 3.79. The zero-order chi connectivity index (χ0) is 37.0. The summed E-state index contributed by atoms with van der Waals surface area (Å²) in [7, 11) is 0. The van der Waals surface area contributed by atoms with E-state index >= 15 is 8.78 Å². The molecule has 0 aliphatic carbocycles. The fourth-order valence-corrected chi connectivity index (χ4v) is 9.84. The van der Waals surface area contributed by atoms with Crippen molar-refractivity contribution in [3.8, 4) is 29.0 Å². The summed E-state index contributed by atoms with van der Waals surface area (Å²) in [4.78, 5) is 18.7. The molecular weight excluding hydrogens is 695 g/mol. The van der Waals surface area contributed by atoms with Gasteiger partial charge in [-0.15, -0.1) is 17.9 Å². The van der Waals surface area contributed by atoms with Crippen LogP contribution >= 0.6 is 11.3 Å². The van der Waals surface area contributed by atoms with E-state index in [-0.39, 0.29) is 51.6 Å². The van der Waals surface area contributed by atoms with Crippen LogP contribution in [0.2, 0.25) is 0 Å². The number of hydrogen-bond donors (Lipinski definition) is 2. The maximum atomic E-state index is 17.7. The first-order valence-corrected chi connectivity index (χ1v) is 19.0. The van der Waals surface area contributed by atoms with Crippen LogP contribution < -0.4 is 25.4 Å². The quantitative estimate of drug-likeness (QED) is 0.135. The van der Waals surface area contributed by atoms with E-state index in [2.05, 4.69) is 32.7 Å². The van der Waals surface area contributed by atoms with Crippen LogP contribution in [0.25, 0.3) is 32.1 Å². The molecule has 0 amide bonds. The van der Waals surface area contributed by atoms with Crippen molar-refractivity contribution in [1.29, 1.82) is 5.26 Å². The Morgan fingerprint density at radius 2 is 1.96 bits per heavy atom. The van der Waals surface area contributed by atoms with Crippen LogP contribution in [-0.2, 0) is 0 Å². The molecule has 3 N–H and O–H groups in total. The highest BCUT2D eigenvalue weighted by Crippen LogP contribution is 2.50. The summed E-state index contributed by atoms with van der Waals surface area (Å²) in [5.41, 5.74) is 8.46. The van der Waals surface area contributed by atoms with Crippen LogP contribution in [0.4, 0.5) is 25.4 Å². The van der Waals surface area contributed by atoms with Gasteiger partial charge < -0.3 is 25.4 Å². The molecule has 1 atom stereocenters. The summed E-state index contributed by atoms with van der Waals surface area (Å²) in [5.74, 6) is 0.126. The number of ether oxygens (including phenoxy) is 2. The first-order valence-electron chi connectivity index (χ1n) is 18.2. The van der Waals surface area contributed by atoms with Gasteiger partial charge in [-0.3, -0.25) is 4.90 Å². The Kier molecular flexibility index (Phi) is 9.07. The Morgan fingerprint density at radius 1 is 1.17 bits per heavy atom. The first kappa shape index (κ1) is 35.0. The van der Waals surface area contributed by atoms with Gasteiger partial charge in [-0.2, -0.15) is 15.2 Å². The summed E-state index contributed by atoms with van der Waals surface area (Å²) in [5, 5.41) is 14.9. The highest BCUT2D eigenvalue weighted by Gasteiger charge is 2.45. The van der Waals surface area contributed by atoms with E-state index in [1.54, 1.807) is 13.1 Å². The van der Waals surface area contributed by atoms with Crippen LogP contribution in [0, 0.1) is 29.9 Å². The molecule has 2 aromatic carbocycles. The highest BCUT2D eigenvalue weighted by atomic mass is 32.1. The predicted molar refractivity (Wildman–Crippen MR) is 206 cm³/mol. The van der Waals surface area contributed by atoms with E-state index in [1.165, 1.54) is 12.1 Å². The van der Waals surface area contributed by atoms with E-state index in [0.29, 0.717) is 63.9 Å². The van der Waals surface area contributed by atoms with Gasteiger partial charge in [-0.1, -0.05) is 18.2 Å². The maximum absolute atomic E-state index is 17.7. The molecule has 1 unspecified atom stereocenters. The Bertz CT molecular complexity index is 2290. The summed E-state index contributed by atoms with van der Waals surface area (Å²) in [6.07, 6.45) is 8.21. The van der Waals surface area contributed by atoms with Crippen molar-refractivity contribution in [3.05, 3.63) is 71.4 Å². The van der Waals surface area contributed by atoms with Crippen LogP contribution in [0.5, 0.6) is 11.8 Å². The maximum Gasteiger partial charge on any atom is 0.319 e. The molecule has 0 radical (unpaired) electrons. The number of fused-ring (bicyclic) bond motifs is 2. The zero-order valence-electron chi connectivity index (χ0n) is 30.1. The number of nitrogens with zero attached hydrogens (tertiary/aromatic N) is 6. The minimum absolute atomic E-state index is 0.00840. The minimum Gasteiger partial charge on any atom is -0.491 e. The Labute approximate surface area is 311 Å². The van der Waals surface area contributed by atoms with E-state index in [1.807, 2.05) is 32.1 Å². The van der Waals surface area contributed by atoms with E-state index in [4.69, 9.17) is 25.2 Å². The van der Waals surface area contributed by atoms with E-state index in [0.717, 1.165) is 55.7 Å². The molecular formula is C40H42F2N8O2S. The van der Waals surface area contributed by atoms with Gasteiger partial charge in [0.1, 0.15) is 53.0 Å². The van der Waals surface area contributed by atoms with Gasteiger partial charge in [-0.05, 0) is 83.7 Å². The van der Waals surface area contributed by atoms with Gasteiger partial charge in [-0.25, -0.2) is 13.8 Å². The Hall–Kier alpha value is -5.06. The number of nitriles is 1. The van der Waals surface area contributed by atoms with Crippen molar-refractivity contribution in [2.45, 2.75) is 70.5 Å². The number of pyridine rings is 1. The summed E-state index contributed by atoms with van der Waals surface area (Å²) in [6.45, 7) is 12.8. The van der Waals surface area contributed by atoms with Crippen molar-refractivity contribution < 1.29 is 18.3 Å². The molecule has 2 saturated heterocycles. The number of benzene rings is 2. The van der Waals surface area contributed by atoms with E-state index in [9.17, 15) is 5.26 Å². The number of nitrogens with one attached hydrogen (secondary N) is 1. The van der Waals surface area contributed by atoms with Crippen LogP contribution in [-0.4, -0.2) is 64.3 Å². The molecule has 8 rings (SSSR count). The number of aromatic nitrogens is 3. The monoisotopic (exact) mass is 736 g/mol. The van der Waals surface area contributed by atoms with E-state index < -0.39 is 11.6 Å². The van der Waals surface area contributed by atoms with Crippen LogP contribution in [0.1, 0.15) is 68.7 Å². The molecule has 3 aliphatic heterocycles. The third kappa shape index (κ3) is 5.79. The van der Waals surface area contributed by atoms with Gasteiger partial charge in [0, 0.05) is 34.3 Å². The molecule has 3 aromatic heterocycles. The zero-order valence-corrected chi connectivity index (χ0v) is 31.0. The smallest absolute Gasteiger partial charge is 0.319 e. The number of nitrogens with two attached hydrogens (primary N) is 1. The summed E-state index contributed by atoms with van der Waals surface area (Å²) >= 11 is 1.15.